The van der Waals surface area contributed by atoms with Gasteiger partial charge in [0.25, 0.3) is 0 Å². The lowest BCUT2D eigenvalue weighted by Crippen LogP contribution is -2.33. The first-order valence-electron chi connectivity index (χ1n) is 8.05. The maximum Gasteiger partial charge on any atom is 0.127 e. The van der Waals surface area contributed by atoms with Gasteiger partial charge in [0.15, 0.2) is 0 Å². The third kappa shape index (κ3) is 4.75. The average Bonchev–Trinajstić information content (AvgIpc) is 2.47. The maximum atomic E-state index is 6.29. The predicted molar refractivity (Wildman–Crippen MR) is 91.0 cm³/mol. The number of nitrogens with one attached hydrogen (secondary N) is 1. The summed E-state index contributed by atoms with van der Waals surface area (Å²) >= 11 is 0. The van der Waals surface area contributed by atoms with Crippen LogP contribution in [0.4, 0.5) is 0 Å². The van der Waals surface area contributed by atoms with E-state index in [1.807, 2.05) is 0 Å². The third-order valence-electron chi connectivity index (χ3n) is 3.58. The van der Waals surface area contributed by atoms with Crippen LogP contribution in [0.1, 0.15) is 33.6 Å². The molecule has 0 radical (unpaired) electrons. The Bertz CT molecular complexity index is 545. The minimum Gasteiger partial charge on any atom is -0.488 e. The van der Waals surface area contributed by atoms with Crippen molar-refractivity contribution in [1.82, 2.24) is 5.32 Å². The second-order valence-corrected chi connectivity index (χ2v) is 6.06. The van der Waals surface area contributed by atoms with E-state index in [1.165, 1.54) is 10.8 Å². The van der Waals surface area contributed by atoms with E-state index in [0.717, 1.165) is 31.7 Å². The number of benzene rings is 2. The van der Waals surface area contributed by atoms with Gasteiger partial charge in [0.1, 0.15) is 11.9 Å². The van der Waals surface area contributed by atoms with E-state index >= 15 is 0 Å². The minimum absolute atomic E-state index is 0.236. The Balaban J connectivity index is 2.07. The summed E-state index contributed by atoms with van der Waals surface area (Å²) in [7, 11) is 0. The van der Waals surface area contributed by atoms with Crippen molar-refractivity contribution in [1.29, 1.82) is 0 Å². The number of hydrogen-bond donors (Lipinski definition) is 1. The van der Waals surface area contributed by atoms with Crippen LogP contribution >= 0.6 is 0 Å². The summed E-state index contributed by atoms with van der Waals surface area (Å²) in [5.74, 6) is 1.67. The lowest BCUT2D eigenvalue weighted by Gasteiger charge is -2.21. The normalized spacial score (nSPS) is 12.8. The van der Waals surface area contributed by atoms with E-state index in [0.29, 0.717) is 5.92 Å². The molecule has 2 nitrogen and oxygen atoms in total. The summed E-state index contributed by atoms with van der Waals surface area (Å²) in [4.78, 5) is 0. The van der Waals surface area contributed by atoms with Gasteiger partial charge in [0.05, 0.1) is 0 Å². The molecule has 0 aromatic heterocycles. The van der Waals surface area contributed by atoms with Crippen molar-refractivity contribution in [3.8, 4) is 5.75 Å². The van der Waals surface area contributed by atoms with Crippen molar-refractivity contribution in [2.24, 2.45) is 5.92 Å². The van der Waals surface area contributed by atoms with Gasteiger partial charge >= 0.3 is 0 Å². The molecular formula is C19H27NO. The Morgan fingerprint density at radius 1 is 1.00 bits per heavy atom. The minimum atomic E-state index is 0.236. The Hall–Kier alpha value is -1.54. The summed E-state index contributed by atoms with van der Waals surface area (Å²) in [6, 6.07) is 14.7. The van der Waals surface area contributed by atoms with Crippen LogP contribution < -0.4 is 10.1 Å². The molecule has 0 fully saturated rings. The molecule has 0 saturated heterocycles. The van der Waals surface area contributed by atoms with Gasteiger partial charge in [-0.3, -0.25) is 0 Å². The Kier molecular flexibility index (Phi) is 6.06. The van der Waals surface area contributed by atoms with Crippen molar-refractivity contribution >= 4 is 10.8 Å². The van der Waals surface area contributed by atoms with Crippen LogP contribution in [0.2, 0.25) is 0 Å². The first-order valence-corrected chi connectivity index (χ1v) is 8.05. The first kappa shape index (κ1) is 15.8. The molecule has 0 aliphatic rings. The summed E-state index contributed by atoms with van der Waals surface area (Å²) in [6.07, 6.45) is 2.45. The largest absolute Gasteiger partial charge is 0.488 e. The molecule has 0 heterocycles. The lowest BCUT2D eigenvalue weighted by molar-refractivity contribution is 0.187. The number of ether oxygens (including phenoxy) is 1. The molecule has 2 aromatic carbocycles. The lowest BCUT2D eigenvalue weighted by atomic mass is 10.1. The monoisotopic (exact) mass is 285 g/mol. The molecule has 2 aromatic rings. The molecule has 1 atom stereocenters. The Labute approximate surface area is 128 Å². The van der Waals surface area contributed by atoms with Gasteiger partial charge in [-0.05, 0) is 30.3 Å². The van der Waals surface area contributed by atoms with Crippen molar-refractivity contribution in [3.05, 3.63) is 42.5 Å². The van der Waals surface area contributed by atoms with Crippen LogP contribution in [0.5, 0.6) is 5.75 Å². The zero-order chi connectivity index (χ0) is 15.1. The Morgan fingerprint density at radius 2 is 1.76 bits per heavy atom. The van der Waals surface area contributed by atoms with Gasteiger partial charge < -0.3 is 10.1 Å². The van der Waals surface area contributed by atoms with Crippen LogP contribution in [0.25, 0.3) is 10.8 Å². The third-order valence-corrected chi connectivity index (χ3v) is 3.58. The molecule has 0 aliphatic heterocycles. The predicted octanol–water partition coefficient (Wildman–Crippen LogP) is 4.63. The highest BCUT2D eigenvalue weighted by Gasteiger charge is 2.11. The number of hydrogen-bond acceptors (Lipinski definition) is 2. The standard InChI is InChI=1S/C19H27NO/c1-4-8-17(14-20-13-15(2)3)21-19-12-7-10-16-9-5-6-11-18(16)19/h5-7,9-12,15,17,20H,4,8,13-14H2,1-3H3. The quantitative estimate of drug-likeness (QED) is 0.763. The fraction of sp³-hybridized carbons (Fsp3) is 0.474. The van der Waals surface area contributed by atoms with Crippen molar-refractivity contribution in [2.75, 3.05) is 13.1 Å². The second kappa shape index (κ2) is 8.04. The molecular weight excluding hydrogens is 258 g/mol. The molecule has 1 N–H and O–H groups in total. The second-order valence-electron chi connectivity index (χ2n) is 6.06. The molecule has 0 aliphatic carbocycles. The molecule has 0 saturated carbocycles. The first-order chi connectivity index (χ1) is 10.2. The van der Waals surface area contributed by atoms with Gasteiger partial charge in [-0.25, -0.2) is 0 Å². The molecule has 114 valence electrons. The van der Waals surface area contributed by atoms with Crippen molar-refractivity contribution < 1.29 is 4.74 Å². The van der Waals surface area contributed by atoms with E-state index in [4.69, 9.17) is 4.74 Å². The van der Waals surface area contributed by atoms with E-state index in [9.17, 15) is 0 Å². The molecule has 1 unspecified atom stereocenters. The Morgan fingerprint density at radius 3 is 2.52 bits per heavy atom. The van der Waals surface area contributed by atoms with Gasteiger partial charge in [-0.2, -0.15) is 0 Å². The highest BCUT2D eigenvalue weighted by Crippen LogP contribution is 2.26. The maximum absolute atomic E-state index is 6.29. The molecule has 21 heavy (non-hydrogen) atoms. The van der Waals surface area contributed by atoms with Gasteiger partial charge in [-0.1, -0.05) is 63.6 Å². The highest BCUT2D eigenvalue weighted by molar-refractivity contribution is 5.88. The molecule has 0 amide bonds. The van der Waals surface area contributed by atoms with Gasteiger partial charge in [0, 0.05) is 11.9 Å². The van der Waals surface area contributed by atoms with E-state index in [1.54, 1.807) is 0 Å². The molecule has 2 rings (SSSR count). The zero-order valence-corrected chi connectivity index (χ0v) is 13.4. The fourth-order valence-electron chi connectivity index (χ4n) is 2.54. The SMILES string of the molecule is CCCC(CNCC(C)C)Oc1cccc2ccccc12. The van der Waals surface area contributed by atoms with E-state index in [-0.39, 0.29) is 6.10 Å². The van der Waals surface area contributed by atoms with Crippen LogP contribution in [0.15, 0.2) is 42.5 Å². The zero-order valence-electron chi connectivity index (χ0n) is 13.4. The van der Waals surface area contributed by atoms with Crippen LogP contribution in [-0.2, 0) is 0 Å². The topological polar surface area (TPSA) is 21.3 Å². The molecule has 0 spiro atoms. The van der Waals surface area contributed by atoms with E-state index < -0.39 is 0 Å². The van der Waals surface area contributed by atoms with Gasteiger partial charge in [0.2, 0.25) is 0 Å². The molecule has 2 heteroatoms. The smallest absolute Gasteiger partial charge is 0.127 e. The summed E-state index contributed by atoms with van der Waals surface area (Å²) in [5, 5.41) is 5.95. The van der Waals surface area contributed by atoms with E-state index in [2.05, 4.69) is 68.6 Å². The number of fused-ring (bicyclic) bond motifs is 1. The summed E-state index contributed by atoms with van der Waals surface area (Å²) < 4.78 is 6.29. The summed E-state index contributed by atoms with van der Waals surface area (Å²) in [6.45, 7) is 8.62. The van der Waals surface area contributed by atoms with Gasteiger partial charge in [-0.15, -0.1) is 0 Å². The summed E-state index contributed by atoms with van der Waals surface area (Å²) in [5.41, 5.74) is 0. The molecule has 0 bridgehead atoms. The highest BCUT2D eigenvalue weighted by atomic mass is 16.5. The van der Waals surface area contributed by atoms with Crippen LogP contribution in [0, 0.1) is 5.92 Å². The van der Waals surface area contributed by atoms with Crippen molar-refractivity contribution in [3.63, 3.8) is 0 Å². The average molecular weight is 285 g/mol. The van der Waals surface area contributed by atoms with Crippen LogP contribution in [0.3, 0.4) is 0 Å². The fourth-order valence-corrected chi connectivity index (χ4v) is 2.54. The number of rotatable bonds is 8. The van der Waals surface area contributed by atoms with Crippen molar-refractivity contribution in [2.45, 2.75) is 39.7 Å². The van der Waals surface area contributed by atoms with Crippen LogP contribution in [-0.4, -0.2) is 19.2 Å².